The Kier molecular flexibility index (Phi) is 6.80. The van der Waals surface area contributed by atoms with E-state index in [1.54, 1.807) is 0 Å². The van der Waals surface area contributed by atoms with Gasteiger partial charge in [-0.2, -0.15) is 0 Å². The van der Waals surface area contributed by atoms with Crippen molar-refractivity contribution in [3.05, 3.63) is 40.2 Å². The van der Waals surface area contributed by atoms with Gasteiger partial charge in [0, 0.05) is 17.0 Å². The zero-order valence-corrected chi connectivity index (χ0v) is 18.3. The number of nitrogens with zero attached hydrogens (tertiary/aromatic N) is 1. The number of halogens is 1. The molecule has 148 valence electrons. The van der Waals surface area contributed by atoms with Gasteiger partial charge in [0.2, 0.25) is 0 Å². The lowest BCUT2D eigenvalue weighted by Gasteiger charge is -2.23. The molecule has 0 bridgehead atoms. The second kappa shape index (κ2) is 8.52. The number of ether oxygens (including phenoxy) is 1. The molecule has 0 aromatic rings. The quantitative estimate of drug-likeness (QED) is 0.411. The molecular weight excluding hydrogens is 358 g/mol. The third-order valence-corrected chi connectivity index (χ3v) is 6.00. The molecule has 2 heterocycles. The van der Waals surface area contributed by atoms with Crippen LogP contribution in [0.3, 0.4) is 0 Å². The first-order valence-corrected chi connectivity index (χ1v) is 9.94. The molecule has 0 radical (unpaired) electrons. The van der Waals surface area contributed by atoms with Gasteiger partial charge in [-0.15, -0.1) is 12.4 Å². The fraction of sp³-hybridized carbons (Fsp3) is 0.522. The molecule has 1 aliphatic carbocycles. The summed E-state index contributed by atoms with van der Waals surface area (Å²) in [5.41, 5.74) is 9.69. The van der Waals surface area contributed by atoms with Crippen LogP contribution in [0.5, 0.6) is 0 Å². The Hall–Kier alpha value is -1.74. The predicted octanol–water partition coefficient (Wildman–Crippen LogP) is 6.60. The third kappa shape index (κ3) is 3.54. The van der Waals surface area contributed by atoms with Crippen LogP contribution in [-0.4, -0.2) is 17.1 Å². The fourth-order valence-electron chi connectivity index (χ4n) is 4.32. The molecule has 0 spiro atoms. The van der Waals surface area contributed by atoms with Crippen LogP contribution in [0.2, 0.25) is 0 Å². The fourth-order valence-corrected chi connectivity index (χ4v) is 4.32. The Morgan fingerprint density at radius 3 is 2.48 bits per heavy atom. The Bertz CT molecular complexity index is 847. The van der Waals surface area contributed by atoms with Gasteiger partial charge in [0.15, 0.2) is 0 Å². The van der Waals surface area contributed by atoms with Crippen LogP contribution in [-0.2, 0) is 11.2 Å². The van der Waals surface area contributed by atoms with E-state index < -0.39 is 0 Å². The summed E-state index contributed by atoms with van der Waals surface area (Å²) in [4.78, 5) is 12.4. The van der Waals surface area contributed by atoms with Crippen molar-refractivity contribution in [2.45, 2.75) is 73.3 Å². The van der Waals surface area contributed by atoms with Crippen molar-refractivity contribution >= 4 is 23.9 Å². The molecule has 1 unspecified atom stereocenters. The maximum atomic E-state index is 12.4. The first-order valence-electron chi connectivity index (χ1n) is 9.94. The van der Waals surface area contributed by atoms with E-state index in [9.17, 15) is 4.79 Å². The van der Waals surface area contributed by atoms with Crippen molar-refractivity contribution in [2.75, 3.05) is 6.61 Å². The monoisotopic (exact) mass is 389 g/mol. The summed E-state index contributed by atoms with van der Waals surface area (Å²) in [6.45, 7) is 13.3. The number of hydrogen-bond donors (Lipinski definition) is 0. The molecule has 4 heteroatoms. The summed E-state index contributed by atoms with van der Waals surface area (Å²) in [5.74, 6) is -0.206. The van der Waals surface area contributed by atoms with Crippen molar-refractivity contribution in [2.24, 2.45) is 0 Å². The lowest BCUT2D eigenvalue weighted by Crippen LogP contribution is -2.13. The molecule has 3 aliphatic rings. The summed E-state index contributed by atoms with van der Waals surface area (Å²) in [6.07, 6.45) is 4.67. The molecule has 0 saturated heterocycles. The van der Waals surface area contributed by atoms with Crippen molar-refractivity contribution < 1.29 is 9.53 Å². The van der Waals surface area contributed by atoms with Crippen LogP contribution in [0.1, 0.15) is 87.2 Å². The highest BCUT2D eigenvalue weighted by Gasteiger charge is 2.30. The van der Waals surface area contributed by atoms with Gasteiger partial charge in [0.1, 0.15) is 0 Å². The molecule has 3 nitrogen and oxygen atoms in total. The van der Waals surface area contributed by atoms with Crippen LogP contribution in [0.15, 0.2) is 17.7 Å². The molecule has 1 atom stereocenters. The number of allylic oxidation sites excluding steroid dienone is 2. The molecule has 0 amide bonds. The molecule has 0 saturated carbocycles. The molecule has 0 N–H and O–H groups in total. The molecule has 0 aromatic carbocycles. The number of pyridine rings is 1. The summed E-state index contributed by atoms with van der Waals surface area (Å²) in [7, 11) is 0. The van der Waals surface area contributed by atoms with Gasteiger partial charge >= 0.3 is 5.97 Å². The smallest absolute Gasteiger partial charge is 0.338 e. The summed E-state index contributed by atoms with van der Waals surface area (Å²) in [6, 6.07) is 4.67. The molecule has 3 rings (SSSR count). The van der Waals surface area contributed by atoms with E-state index in [2.05, 4.69) is 45.3 Å². The minimum absolute atomic E-state index is 0. The van der Waals surface area contributed by atoms with Crippen molar-refractivity contribution in [3.8, 4) is 11.1 Å². The number of unbranched alkanes of at least 4 members (excludes halogenated alkanes) is 2. The normalized spacial score (nSPS) is 15.9. The van der Waals surface area contributed by atoms with E-state index in [1.165, 1.54) is 52.9 Å². The summed E-state index contributed by atoms with van der Waals surface area (Å²) < 4.78 is 7.79. The second-order valence-corrected chi connectivity index (χ2v) is 7.52. The number of fused-ring (bicyclic) bond motifs is 2. The van der Waals surface area contributed by atoms with Crippen molar-refractivity contribution in [3.63, 3.8) is 0 Å². The van der Waals surface area contributed by atoms with E-state index in [0.29, 0.717) is 18.2 Å². The Morgan fingerprint density at radius 2 is 1.85 bits per heavy atom. The van der Waals surface area contributed by atoms with E-state index in [4.69, 9.17) is 4.74 Å². The number of hydrogen-bond acceptors (Lipinski definition) is 2. The minimum atomic E-state index is -0.206. The molecule has 0 fully saturated rings. The van der Waals surface area contributed by atoms with E-state index >= 15 is 0 Å². The van der Waals surface area contributed by atoms with Gasteiger partial charge in [0.25, 0.3) is 0 Å². The van der Waals surface area contributed by atoms with Gasteiger partial charge in [-0.1, -0.05) is 19.8 Å². The zero-order chi connectivity index (χ0) is 19.0. The lowest BCUT2D eigenvalue weighted by atomic mass is 9.98. The minimum Gasteiger partial charge on any atom is -0.462 e. The van der Waals surface area contributed by atoms with Crippen molar-refractivity contribution in [1.29, 1.82) is 0 Å². The number of esters is 1. The standard InChI is InChI=1S/C23H31NO2.ClH/c1-7-9-10-11-20-22-16(5)19(23(25)26-8-2)12-18(22)13-21-15(4)14(3)17(6)24(20)21;/h12-13,17H,7-11H2,1-6H3;1H. The first-order chi connectivity index (χ1) is 12.4. The van der Waals surface area contributed by atoms with Crippen LogP contribution in [0.25, 0.3) is 16.7 Å². The maximum Gasteiger partial charge on any atom is 0.338 e. The Balaban J connectivity index is 0.00000261. The van der Waals surface area contributed by atoms with Crippen molar-refractivity contribution in [1.82, 2.24) is 4.57 Å². The third-order valence-electron chi connectivity index (χ3n) is 6.00. The highest BCUT2D eigenvalue weighted by Crippen LogP contribution is 2.44. The van der Waals surface area contributed by atoms with E-state index in [1.807, 2.05) is 13.0 Å². The number of rotatable bonds is 6. The average Bonchev–Trinajstić information content (AvgIpc) is 3.06. The maximum absolute atomic E-state index is 12.4. The number of carbonyl (C=O) groups excluding carboxylic acids is 1. The van der Waals surface area contributed by atoms with Crippen LogP contribution in [0, 0.1) is 6.92 Å². The summed E-state index contributed by atoms with van der Waals surface area (Å²) >= 11 is 0. The predicted molar refractivity (Wildman–Crippen MR) is 115 cm³/mol. The average molecular weight is 390 g/mol. The molecular formula is C23H32ClNO2. The largest absolute Gasteiger partial charge is 0.462 e. The van der Waals surface area contributed by atoms with Gasteiger partial charge in [0.05, 0.1) is 18.2 Å². The Morgan fingerprint density at radius 1 is 1.15 bits per heavy atom. The van der Waals surface area contributed by atoms with Gasteiger partial charge in [-0.25, -0.2) is 4.79 Å². The first kappa shape index (κ1) is 21.6. The van der Waals surface area contributed by atoms with E-state index in [0.717, 1.165) is 12.0 Å². The van der Waals surface area contributed by atoms with Crippen LogP contribution < -0.4 is 0 Å². The Labute approximate surface area is 169 Å². The molecule has 2 aliphatic heterocycles. The van der Waals surface area contributed by atoms with Crippen LogP contribution in [0.4, 0.5) is 0 Å². The lowest BCUT2D eigenvalue weighted by molar-refractivity contribution is 0.0526. The number of aromatic nitrogens is 1. The summed E-state index contributed by atoms with van der Waals surface area (Å²) in [5, 5.41) is 0. The van der Waals surface area contributed by atoms with Crippen LogP contribution >= 0.6 is 12.4 Å². The molecule has 27 heavy (non-hydrogen) atoms. The van der Waals surface area contributed by atoms with Gasteiger partial charge in [-0.05, 0) is 81.9 Å². The topological polar surface area (TPSA) is 31.2 Å². The second-order valence-electron chi connectivity index (χ2n) is 7.52. The number of carbonyl (C=O) groups is 1. The highest BCUT2D eigenvalue weighted by molar-refractivity contribution is 5.98. The van der Waals surface area contributed by atoms with Gasteiger partial charge in [-0.3, -0.25) is 0 Å². The zero-order valence-electron chi connectivity index (χ0n) is 17.4. The molecule has 0 aromatic heterocycles. The SMILES string of the molecule is CCCCCc1c2c(C)c(C(=O)OCC)cc-2cc2n1C(C)C(C)=C2C.Cl. The van der Waals surface area contributed by atoms with E-state index in [-0.39, 0.29) is 18.4 Å². The van der Waals surface area contributed by atoms with Gasteiger partial charge < -0.3 is 9.30 Å². The highest BCUT2D eigenvalue weighted by atomic mass is 35.5.